The van der Waals surface area contributed by atoms with Crippen molar-refractivity contribution in [3.63, 3.8) is 0 Å². The van der Waals surface area contributed by atoms with Crippen LogP contribution >= 0.6 is 11.3 Å². The van der Waals surface area contributed by atoms with Crippen LogP contribution in [0.25, 0.3) is 0 Å². The predicted octanol–water partition coefficient (Wildman–Crippen LogP) is 0.181. The number of aliphatic hydroxyl groups excluding tert-OH is 1. The fourth-order valence-electron chi connectivity index (χ4n) is 2.03. The molecule has 2 heterocycles. The van der Waals surface area contributed by atoms with Gasteiger partial charge >= 0.3 is 12.0 Å². The van der Waals surface area contributed by atoms with E-state index in [-0.39, 0.29) is 19.5 Å². The van der Waals surface area contributed by atoms with Gasteiger partial charge in [0.25, 0.3) is 0 Å². The number of thiazole rings is 1. The van der Waals surface area contributed by atoms with Gasteiger partial charge in [0.1, 0.15) is 6.04 Å². The van der Waals surface area contributed by atoms with E-state index in [4.69, 9.17) is 5.11 Å². The summed E-state index contributed by atoms with van der Waals surface area (Å²) < 4.78 is 0. The maximum Gasteiger partial charge on any atom is 0.326 e. The molecule has 3 N–H and O–H groups in total. The molecule has 0 aliphatic carbocycles. The van der Waals surface area contributed by atoms with Crippen molar-refractivity contribution in [1.29, 1.82) is 0 Å². The van der Waals surface area contributed by atoms with Crippen molar-refractivity contribution in [3.8, 4) is 0 Å². The number of aliphatic hydroxyl groups is 1. The van der Waals surface area contributed by atoms with Crippen LogP contribution in [-0.2, 0) is 11.3 Å². The Morgan fingerprint density at radius 2 is 2.37 bits per heavy atom. The summed E-state index contributed by atoms with van der Waals surface area (Å²) in [5.74, 6) is -1.10. The number of aryl methyl sites for hydroxylation is 1. The summed E-state index contributed by atoms with van der Waals surface area (Å²) in [4.78, 5) is 28.2. The van der Waals surface area contributed by atoms with Crippen LogP contribution in [0.1, 0.15) is 17.1 Å². The largest absolute Gasteiger partial charge is 0.480 e. The number of rotatable bonds is 3. The van der Waals surface area contributed by atoms with E-state index in [2.05, 4.69) is 10.3 Å². The standard InChI is InChI=1S/C11H15N3O4S/c1-6-13-7(5-19-6)3-12-11(18)14-4-8(15)2-9(14)10(16)17/h5,8-9,15H,2-4H2,1H3,(H,12,18)(H,16,17)/t8-,9-/m0/s1. The molecule has 8 heteroatoms. The van der Waals surface area contributed by atoms with Crippen LogP contribution in [0.15, 0.2) is 5.38 Å². The third-order valence-electron chi connectivity index (χ3n) is 2.91. The van der Waals surface area contributed by atoms with Crippen molar-refractivity contribution in [2.45, 2.75) is 32.0 Å². The number of nitrogens with zero attached hydrogens (tertiary/aromatic N) is 2. The molecule has 1 aliphatic rings. The molecule has 1 fully saturated rings. The second-order valence-corrected chi connectivity index (χ2v) is 5.47. The summed E-state index contributed by atoms with van der Waals surface area (Å²) in [5.41, 5.74) is 0.738. The Kier molecular flexibility index (Phi) is 4.01. The number of aromatic nitrogens is 1. The molecule has 1 aromatic heterocycles. The number of carboxylic acids is 1. The molecule has 0 saturated carbocycles. The molecule has 0 aromatic carbocycles. The third-order valence-corrected chi connectivity index (χ3v) is 3.73. The van der Waals surface area contributed by atoms with Gasteiger partial charge in [-0.25, -0.2) is 14.6 Å². The first-order valence-corrected chi connectivity index (χ1v) is 6.71. The molecule has 2 rings (SSSR count). The Morgan fingerprint density at radius 1 is 1.63 bits per heavy atom. The quantitative estimate of drug-likeness (QED) is 0.735. The maximum absolute atomic E-state index is 11.9. The molecule has 2 amide bonds. The first-order valence-electron chi connectivity index (χ1n) is 5.83. The molecule has 0 bridgehead atoms. The Bertz CT molecular complexity index is 490. The van der Waals surface area contributed by atoms with Crippen LogP contribution in [0.2, 0.25) is 0 Å². The zero-order valence-corrected chi connectivity index (χ0v) is 11.2. The molecule has 1 saturated heterocycles. The van der Waals surface area contributed by atoms with Gasteiger partial charge in [-0.15, -0.1) is 11.3 Å². The van der Waals surface area contributed by atoms with Crippen LogP contribution in [-0.4, -0.2) is 50.8 Å². The van der Waals surface area contributed by atoms with E-state index in [0.717, 1.165) is 15.6 Å². The van der Waals surface area contributed by atoms with Crippen molar-refractivity contribution in [1.82, 2.24) is 15.2 Å². The number of likely N-dealkylation sites (tertiary alicyclic amines) is 1. The van der Waals surface area contributed by atoms with Crippen molar-refractivity contribution < 1.29 is 19.8 Å². The van der Waals surface area contributed by atoms with E-state index in [1.54, 1.807) is 0 Å². The third kappa shape index (κ3) is 3.21. The molecular weight excluding hydrogens is 270 g/mol. The lowest BCUT2D eigenvalue weighted by molar-refractivity contribution is -0.141. The summed E-state index contributed by atoms with van der Waals surface area (Å²) >= 11 is 1.48. The molecule has 0 spiro atoms. The number of carboxylic acid groups (broad SMARTS) is 1. The van der Waals surface area contributed by atoms with Crippen molar-refractivity contribution >= 4 is 23.3 Å². The number of hydrogen-bond donors (Lipinski definition) is 3. The molecule has 19 heavy (non-hydrogen) atoms. The number of aliphatic carboxylic acids is 1. The fourth-order valence-corrected chi connectivity index (χ4v) is 2.64. The zero-order chi connectivity index (χ0) is 14.0. The van der Waals surface area contributed by atoms with Crippen molar-refractivity contribution in [3.05, 3.63) is 16.1 Å². The smallest absolute Gasteiger partial charge is 0.326 e. The second-order valence-electron chi connectivity index (χ2n) is 4.41. The highest BCUT2D eigenvalue weighted by Gasteiger charge is 2.38. The van der Waals surface area contributed by atoms with Crippen LogP contribution in [0, 0.1) is 6.92 Å². The number of nitrogens with one attached hydrogen (secondary N) is 1. The van der Waals surface area contributed by atoms with E-state index >= 15 is 0 Å². The van der Waals surface area contributed by atoms with E-state index < -0.39 is 24.1 Å². The van der Waals surface area contributed by atoms with E-state index in [9.17, 15) is 14.7 Å². The molecule has 7 nitrogen and oxygen atoms in total. The SMILES string of the molecule is Cc1nc(CNC(=O)N2C[C@@H](O)C[C@H]2C(=O)O)cs1. The average molecular weight is 285 g/mol. The number of amides is 2. The highest BCUT2D eigenvalue weighted by atomic mass is 32.1. The summed E-state index contributed by atoms with van der Waals surface area (Å²) in [5, 5.41) is 23.8. The summed E-state index contributed by atoms with van der Waals surface area (Å²) in [6.07, 6.45) is -0.716. The molecule has 104 valence electrons. The van der Waals surface area contributed by atoms with Gasteiger partial charge in [-0.05, 0) is 6.92 Å². The Hall–Kier alpha value is -1.67. The van der Waals surface area contributed by atoms with Gasteiger partial charge in [0.2, 0.25) is 0 Å². The summed E-state index contributed by atoms with van der Waals surface area (Å²) in [6.45, 7) is 2.16. The number of carbonyl (C=O) groups excluding carboxylic acids is 1. The summed E-state index contributed by atoms with van der Waals surface area (Å²) in [7, 11) is 0. The normalized spacial score (nSPS) is 22.5. The fraction of sp³-hybridized carbons (Fsp3) is 0.545. The minimum absolute atomic E-state index is 0.0406. The predicted molar refractivity (Wildman–Crippen MR) is 67.8 cm³/mol. The molecule has 0 unspecified atom stereocenters. The molecule has 1 aromatic rings. The van der Waals surface area contributed by atoms with E-state index in [0.29, 0.717) is 0 Å². The topological polar surface area (TPSA) is 103 Å². The van der Waals surface area contributed by atoms with Crippen molar-refractivity contribution in [2.24, 2.45) is 0 Å². The lowest BCUT2D eigenvalue weighted by Crippen LogP contribution is -2.46. The van der Waals surface area contributed by atoms with Gasteiger partial charge < -0.3 is 20.4 Å². The monoisotopic (exact) mass is 285 g/mol. The van der Waals surface area contributed by atoms with Crippen LogP contribution in [0.3, 0.4) is 0 Å². The molecule has 2 atom stereocenters. The Morgan fingerprint density at radius 3 is 2.95 bits per heavy atom. The number of β-amino-alcohol motifs (C(OH)–C–C–N with tert-alkyl or cyclic N) is 1. The summed E-state index contributed by atoms with van der Waals surface area (Å²) in [6, 6.07) is -1.46. The Labute approximate surface area is 113 Å². The molecule has 1 aliphatic heterocycles. The lowest BCUT2D eigenvalue weighted by Gasteiger charge is -2.21. The van der Waals surface area contributed by atoms with E-state index in [1.807, 2.05) is 12.3 Å². The second kappa shape index (κ2) is 5.54. The van der Waals surface area contributed by atoms with Gasteiger partial charge in [-0.2, -0.15) is 0 Å². The van der Waals surface area contributed by atoms with Gasteiger partial charge in [-0.1, -0.05) is 0 Å². The molecular formula is C11H15N3O4S. The molecule has 0 radical (unpaired) electrons. The van der Waals surface area contributed by atoms with Crippen LogP contribution in [0.5, 0.6) is 0 Å². The van der Waals surface area contributed by atoms with Gasteiger partial charge in [-0.3, -0.25) is 0 Å². The maximum atomic E-state index is 11.9. The number of urea groups is 1. The van der Waals surface area contributed by atoms with Crippen LogP contribution < -0.4 is 5.32 Å². The minimum atomic E-state index is -1.10. The van der Waals surface area contributed by atoms with Crippen LogP contribution in [0.4, 0.5) is 4.79 Å². The van der Waals surface area contributed by atoms with Crippen molar-refractivity contribution in [2.75, 3.05) is 6.54 Å². The van der Waals surface area contributed by atoms with E-state index in [1.165, 1.54) is 11.3 Å². The zero-order valence-electron chi connectivity index (χ0n) is 10.4. The highest BCUT2D eigenvalue weighted by molar-refractivity contribution is 7.09. The van der Waals surface area contributed by atoms with Gasteiger partial charge in [0.05, 0.1) is 23.4 Å². The highest BCUT2D eigenvalue weighted by Crippen LogP contribution is 2.18. The first kappa shape index (κ1) is 13.8. The first-order chi connectivity index (χ1) is 8.97. The lowest BCUT2D eigenvalue weighted by atomic mass is 10.2. The average Bonchev–Trinajstić information content (AvgIpc) is 2.92. The van der Waals surface area contributed by atoms with Gasteiger partial charge in [0, 0.05) is 18.3 Å². The van der Waals surface area contributed by atoms with Gasteiger partial charge in [0.15, 0.2) is 0 Å². The number of hydrogen-bond acceptors (Lipinski definition) is 5. The Balaban J connectivity index is 1.93. The number of carbonyl (C=O) groups is 2. The minimum Gasteiger partial charge on any atom is -0.480 e.